The van der Waals surface area contributed by atoms with E-state index < -0.39 is 10.8 Å². The van der Waals surface area contributed by atoms with Crippen molar-refractivity contribution in [3.63, 3.8) is 0 Å². The Morgan fingerprint density at radius 3 is 2.42 bits per heavy atom. The van der Waals surface area contributed by atoms with Crippen LogP contribution in [0.1, 0.15) is 10.4 Å². The molecule has 1 N–H and O–H groups in total. The highest BCUT2D eigenvalue weighted by Gasteiger charge is 2.18. The molecule has 0 aliphatic carbocycles. The van der Waals surface area contributed by atoms with Gasteiger partial charge in [-0.05, 0) is 54.6 Å². The second kappa shape index (κ2) is 9.25. The van der Waals surface area contributed by atoms with E-state index in [-0.39, 0.29) is 11.4 Å². The normalized spacial score (nSPS) is 10.6. The molecule has 0 unspecified atom stereocenters. The number of nitro groups is 1. The Bertz CT molecular complexity index is 1370. The van der Waals surface area contributed by atoms with E-state index in [9.17, 15) is 14.9 Å². The van der Waals surface area contributed by atoms with Gasteiger partial charge < -0.3 is 14.8 Å². The largest absolute Gasteiger partial charge is 0.497 e. The summed E-state index contributed by atoms with van der Waals surface area (Å²) >= 11 is 3.44. The lowest BCUT2D eigenvalue weighted by Gasteiger charge is -2.13. The van der Waals surface area contributed by atoms with Crippen LogP contribution in [0.4, 0.5) is 11.4 Å². The third-order valence-electron chi connectivity index (χ3n) is 5.04. The van der Waals surface area contributed by atoms with Crippen LogP contribution in [-0.4, -0.2) is 30.0 Å². The van der Waals surface area contributed by atoms with Crippen LogP contribution in [0, 0.1) is 10.1 Å². The summed E-state index contributed by atoms with van der Waals surface area (Å²) in [4.78, 5) is 28.7. The van der Waals surface area contributed by atoms with Crippen molar-refractivity contribution in [1.29, 1.82) is 0 Å². The third kappa shape index (κ3) is 4.63. The van der Waals surface area contributed by atoms with Crippen LogP contribution >= 0.6 is 15.9 Å². The molecule has 0 aliphatic heterocycles. The number of anilines is 1. The van der Waals surface area contributed by atoms with Crippen molar-refractivity contribution < 1.29 is 19.2 Å². The molecule has 0 aliphatic rings. The number of amides is 1. The van der Waals surface area contributed by atoms with Crippen molar-refractivity contribution in [3.8, 4) is 22.8 Å². The number of carbonyl (C=O) groups is 1. The molecule has 0 spiro atoms. The Balaban J connectivity index is 1.82. The van der Waals surface area contributed by atoms with E-state index in [1.54, 1.807) is 19.2 Å². The third-order valence-corrected chi connectivity index (χ3v) is 5.54. The minimum Gasteiger partial charge on any atom is -0.497 e. The summed E-state index contributed by atoms with van der Waals surface area (Å²) in [6.45, 7) is 0. The molecule has 0 atom stereocenters. The minimum atomic E-state index is -0.532. The van der Waals surface area contributed by atoms with Gasteiger partial charge in [-0.1, -0.05) is 15.9 Å². The van der Waals surface area contributed by atoms with Crippen LogP contribution in [0.5, 0.6) is 11.5 Å². The molecule has 8 nitrogen and oxygen atoms in total. The number of hydrogen-bond donors (Lipinski definition) is 1. The molecule has 1 heterocycles. The fourth-order valence-electron chi connectivity index (χ4n) is 3.39. The quantitative estimate of drug-likeness (QED) is 0.259. The molecular weight excluding hydrogens is 490 g/mol. The van der Waals surface area contributed by atoms with Crippen molar-refractivity contribution in [2.45, 2.75) is 0 Å². The Hall–Kier alpha value is -3.98. The number of aromatic nitrogens is 1. The standard InChI is InChI=1S/C24H18BrN3O5/c1-32-17-7-3-14(4-8-17)21-13-19(18-11-15(25)5-9-20(18)26-21)24(29)27-22-12-16(28(30)31)6-10-23(22)33-2/h3-13H,1-2H3,(H,27,29). The Labute approximate surface area is 197 Å². The van der Waals surface area contributed by atoms with E-state index in [1.807, 2.05) is 36.4 Å². The van der Waals surface area contributed by atoms with Crippen LogP contribution in [0.2, 0.25) is 0 Å². The molecule has 166 valence electrons. The number of hydrogen-bond acceptors (Lipinski definition) is 6. The first-order valence-corrected chi connectivity index (χ1v) is 10.6. The lowest BCUT2D eigenvalue weighted by atomic mass is 10.0. The molecule has 4 aromatic rings. The number of nitro benzene ring substituents is 1. The van der Waals surface area contributed by atoms with Gasteiger partial charge in [-0.15, -0.1) is 0 Å². The summed E-state index contributed by atoms with van der Waals surface area (Å²) in [7, 11) is 3.02. The number of rotatable bonds is 6. The molecule has 0 radical (unpaired) electrons. The molecule has 0 saturated carbocycles. The monoisotopic (exact) mass is 507 g/mol. The lowest BCUT2D eigenvalue weighted by Crippen LogP contribution is -2.14. The molecular formula is C24H18BrN3O5. The van der Waals surface area contributed by atoms with Gasteiger partial charge in [0.15, 0.2) is 0 Å². The first-order valence-electron chi connectivity index (χ1n) is 9.78. The molecule has 0 saturated heterocycles. The summed E-state index contributed by atoms with van der Waals surface area (Å²) in [5, 5.41) is 14.6. The SMILES string of the molecule is COc1ccc(-c2cc(C(=O)Nc3cc([N+](=O)[O-])ccc3OC)c3cc(Br)ccc3n2)cc1. The smallest absolute Gasteiger partial charge is 0.271 e. The van der Waals surface area contributed by atoms with Crippen molar-refractivity contribution in [3.05, 3.63) is 86.9 Å². The summed E-state index contributed by atoms with van der Waals surface area (Å²) in [5.41, 5.74) is 2.43. The average molecular weight is 508 g/mol. The number of fused-ring (bicyclic) bond motifs is 1. The maximum Gasteiger partial charge on any atom is 0.271 e. The van der Waals surface area contributed by atoms with Gasteiger partial charge in [-0.3, -0.25) is 14.9 Å². The molecule has 0 bridgehead atoms. The van der Waals surface area contributed by atoms with Crippen LogP contribution in [0.3, 0.4) is 0 Å². The van der Waals surface area contributed by atoms with Crippen LogP contribution in [0.15, 0.2) is 71.2 Å². The van der Waals surface area contributed by atoms with E-state index in [0.29, 0.717) is 33.7 Å². The second-order valence-electron chi connectivity index (χ2n) is 7.04. The first kappa shape index (κ1) is 22.2. The summed E-state index contributed by atoms with van der Waals surface area (Å²) in [5.74, 6) is 0.567. The fourth-order valence-corrected chi connectivity index (χ4v) is 3.75. The first-order chi connectivity index (χ1) is 15.9. The van der Waals surface area contributed by atoms with E-state index in [2.05, 4.69) is 21.2 Å². The Morgan fingerprint density at radius 2 is 1.76 bits per heavy atom. The zero-order valence-corrected chi connectivity index (χ0v) is 19.3. The molecule has 3 aromatic carbocycles. The van der Waals surface area contributed by atoms with Crippen LogP contribution in [0.25, 0.3) is 22.2 Å². The molecule has 33 heavy (non-hydrogen) atoms. The second-order valence-corrected chi connectivity index (χ2v) is 7.96. The molecule has 4 rings (SSSR count). The Morgan fingerprint density at radius 1 is 1.00 bits per heavy atom. The van der Waals surface area contributed by atoms with E-state index in [0.717, 1.165) is 10.0 Å². The topological polar surface area (TPSA) is 104 Å². The van der Waals surface area contributed by atoms with Gasteiger partial charge in [0.05, 0.1) is 41.6 Å². The minimum absolute atomic E-state index is 0.160. The highest BCUT2D eigenvalue weighted by atomic mass is 79.9. The van der Waals surface area contributed by atoms with Gasteiger partial charge in [-0.2, -0.15) is 0 Å². The van der Waals surface area contributed by atoms with Crippen LogP contribution < -0.4 is 14.8 Å². The van der Waals surface area contributed by atoms with E-state index in [1.165, 1.54) is 25.3 Å². The summed E-state index contributed by atoms with van der Waals surface area (Å²) in [6.07, 6.45) is 0. The van der Waals surface area contributed by atoms with Crippen LogP contribution in [-0.2, 0) is 0 Å². The zero-order valence-electron chi connectivity index (χ0n) is 17.7. The van der Waals surface area contributed by atoms with Crippen molar-refractivity contribution in [2.24, 2.45) is 0 Å². The van der Waals surface area contributed by atoms with Crippen molar-refractivity contribution in [1.82, 2.24) is 4.98 Å². The number of halogens is 1. The predicted octanol–water partition coefficient (Wildman–Crippen LogP) is 5.84. The van der Waals surface area contributed by atoms with Gasteiger partial charge in [-0.25, -0.2) is 4.98 Å². The molecule has 9 heteroatoms. The van der Waals surface area contributed by atoms with Gasteiger partial charge in [0, 0.05) is 27.6 Å². The number of non-ortho nitro benzene ring substituents is 1. The number of ether oxygens (including phenoxy) is 2. The van der Waals surface area contributed by atoms with E-state index in [4.69, 9.17) is 14.5 Å². The highest BCUT2D eigenvalue weighted by molar-refractivity contribution is 9.10. The maximum absolute atomic E-state index is 13.4. The number of benzene rings is 3. The highest BCUT2D eigenvalue weighted by Crippen LogP contribution is 2.32. The Kier molecular flexibility index (Phi) is 6.23. The molecule has 1 amide bonds. The van der Waals surface area contributed by atoms with Gasteiger partial charge >= 0.3 is 0 Å². The van der Waals surface area contributed by atoms with Gasteiger partial charge in [0.25, 0.3) is 11.6 Å². The van der Waals surface area contributed by atoms with E-state index >= 15 is 0 Å². The van der Waals surface area contributed by atoms with Gasteiger partial charge in [0.1, 0.15) is 11.5 Å². The number of carbonyl (C=O) groups excluding carboxylic acids is 1. The lowest BCUT2D eigenvalue weighted by molar-refractivity contribution is -0.384. The fraction of sp³-hybridized carbons (Fsp3) is 0.0833. The van der Waals surface area contributed by atoms with Crippen molar-refractivity contribution >= 4 is 44.1 Å². The predicted molar refractivity (Wildman–Crippen MR) is 129 cm³/mol. The number of pyridine rings is 1. The zero-order chi connectivity index (χ0) is 23.5. The average Bonchev–Trinajstić information content (AvgIpc) is 2.83. The number of nitrogens with zero attached hydrogens (tertiary/aromatic N) is 2. The maximum atomic E-state index is 13.4. The number of methoxy groups -OCH3 is 2. The number of nitrogens with one attached hydrogen (secondary N) is 1. The summed E-state index contributed by atoms with van der Waals surface area (Å²) in [6, 6.07) is 18.5. The molecule has 1 aromatic heterocycles. The van der Waals surface area contributed by atoms with Crippen molar-refractivity contribution in [2.75, 3.05) is 19.5 Å². The molecule has 0 fully saturated rings. The van der Waals surface area contributed by atoms with Gasteiger partial charge in [0.2, 0.25) is 0 Å². The summed E-state index contributed by atoms with van der Waals surface area (Å²) < 4.78 is 11.3.